The zero-order valence-corrected chi connectivity index (χ0v) is 14.0. The van der Waals surface area contributed by atoms with Crippen molar-refractivity contribution in [3.05, 3.63) is 29.8 Å². The summed E-state index contributed by atoms with van der Waals surface area (Å²) >= 11 is 0. The van der Waals surface area contributed by atoms with Gasteiger partial charge in [-0.25, -0.2) is 8.78 Å². The minimum Gasteiger partial charge on any atom is -0.355 e. The van der Waals surface area contributed by atoms with Gasteiger partial charge in [-0.3, -0.25) is 9.59 Å². The zero-order chi connectivity index (χ0) is 17.7. The first-order valence-electron chi connectivity index (χ1n) is 8.21. The van der Waals surface area contributed by atoms with E-state index in [4.69, 9.17) is 0 Å². The highest BCUT2D eigenvalue weighted by Crippen LogP contribution is 2.27. The van der Waals surface area contributed by atoms with Gasteiger partial charge < -0.3 is 15.1 Å². The molecule has 0 radical (unpaired) electrons. The average Bonchev–Trinajstić information content (AvgIpc) is 2.93. The minimum absolute atomic E-state index is 0.0137. The fraction of sp³-hybridized carbons (Fsp3) is 0.529. The summed E-state index contributed by atoms with van der Waals surface area (Å²) in [6, 6.07) is 3.06. The molecule has 0 spiro atoms. The van der Waals surface area contributed by atoms with Crippen LogP contribution in [0, 0.1) is 17.6 Å². The first-order valence-corrected chi connectivity index (χ1v) is 8.21. The number of carbonyl (C=O) groups excluding carboxylic acids is 2. The first-order chi connectivity index (χ1) is 11.5. The van der Waals surface area contributed by atoms with Crippen LogP contribution in [0.15, 0.2) is 18.2 Å². The van der Waals surface area contributed by atoms with Crippen molar-refractivity contribution in [2.75, 3.05) is 37.6 Å². The number of nitrogens with one attached hydrogen (secondary N) is 1. The molecular weight excluding hydrogens is 316 g/mol. The Balaban J connectivity index is 1.93. The van der Waals surface area contributed by atoms with Gasteiger partial charge in [-0.15, -0.1) is 0 Å². The molecule has 1 heterocycles. The number of hydrogen-bond donors (Lipinski definition) is 1. The lowest BCUT2D eigenvalue weighted by molar-refractivity contribution is -0.126. The second kappa shape index (κ2) is 8.19. The molecule has 1 N–H and O–H groups in total. The predicted molar refractivity (Wildman–Crippen MR) is 87.6 cm³/mol. The van der Waals surface area contributed by atoms with Crippen LogP contribution >= 0.6 is 0 Å². The first kappa shape index (κ1) is 18.3. The standard InChI is InChI=1S/C17H23F2N3O2/c1-3-21(4-2)8-7-20-17(24)12-9-16(23)22(11-12)15-6-5-13(18)10-14(15)19/h5-6,10,12H,3-4,7-9,11H2,1-2H3,(H,20,24). The highest BCUT2D eigenvalue weighted by Gasteiger charge is 2.36. The topological polar surface area (TPSA) is 52.7 Å². The smallest absolute Gasteiger partial charge is 0.227 e. The number of nitrogens with zero attached hydrogens (tertiary/aromatic N) is 2. The maximum absolute atomic E-state index is 13.8. The van der Waals surface area contributed by atoms with Crippen molar-refractivity contribution < 1.29 is 18.4 Å². The van der Waals surface area contributed by atoms with Gasteiger partial charge in [0.2, 0.25) is 11.8 Å². The van der Waals surface area contributed by atoms with E-state index in [1.54, 1.807) is 0 Å². The monoisotopic (exact) mass is 339 g/mol. The van der Waals surface area contributed by atoms with Crippen molar-refractivity contribution in [1.82, 2.24) is 10.2 Å². The van der Waals surface area contributed by atoms with Gasteiger partial charge in [0.25, 0.3) is 0 Å². The van der Waals surface area contributed by atoms with Gasteiger partial charge >= 0.3 is 0 Å². The number of anilines is 1. The molecule has 2 amide bonds. The summed E-state index contributed by atoms with van der Waals surface area (Å²) < 4.78 is 26.8. The third-order valence-electron chi connectivity index (χ3n) is 4.32. The Morgan fingerprint density at radius 1 is 1.33 bits per heavy atom. The quantitative estimate of drug-likeness (QED) is 0.824. The number of halogens is 2. The Hall–Kier alpha value is -2.02. The van der Waals surface area contributed by atoms with Crippen LogP contribution in [0.4, 0.5) is 14.5 Å². The molecular formula is C17H23F2N3O2. The Kier molecular flexibility index (Phi) is 6.25. The molecule has 5 nitrogen and oxygen atoms in total. The largest absolute Gasteiger partial charge is 0.355 e. The second-order valence-corrected chi connectivity index (χ2v) is 5.82. The van der Waals surface area contributed by atoms with Crippen LogP contribution in [0.5, 0.6) is 0 Å². The molecule has 1 aromatic carbocycles. The molecule has 1 aromatic rings. The molecule has 1 saturated heterocycles. The Bertz CT molecular complexity index is 605. The van der Waals surface area contributed by atoms with Gasteiger partial charge in [0.1, 0.15) is 11.6 Å². The fourth-order valence-corrected chi connectivity index (χ4v) is 2.84. The van der Waals surface area contributed by atoms with Crippen molar-refractivity contribution in [3.63, 3.8) is 0 Å². The maximum atomic E-state index is 13.8. The summed E-state index contributed by atoms with van der Waals surface area (Å²) in [5.74, 6) is -2.55. The number of rotatable bonds is 7. The van der Waals surface area contributed by atoms with Gasteiger partial charge in [-0.1, -0.05) is 13.8 Å². The van der Waals surface area contributed by atoms with Gasteiger partial charge in [0, 0.05) is 32.1 Å². The lowest BCUT2D eigenvalue weighted by Crippen LogP contribution is -2.38. The number of benzene rings is 1. The SMILES string of the molecule is CCN(CC)CCNC(=O)C1CC(=O)N(c2ccc(F)cc2F)C1. The molecule has 1 unspecified atom stereocenters. The molecule has 0 aromatic heterocycles. The van der Waals surface area contributed by atoms with E-state index < -0.39 is 17.6 Å². The van der Waals surface area contributed by atoms with Gasteiger partial charge in [0.15, 0.2) is 0 Å². The molecule has 24 heavy (non-hydrogen) atoms. The minimum atomic E-state index is -0.800. The molecule has 0 saturated carbocycles. The van der Waals surface area contributed by atoms with Crippen LogP contribution in [-0.2, 0) is 9.59 Å². The predicted octanol–water partition coefficient (Wildman–Crippen LogP) is 1.78. The Morgan fingerprint density at radius 2 is 2.04 bits per heavy atom. The highest BCUT2D eigenvalue weighted by atomic mass is 19.1. The maximum Gasteiger partial charge on any atom is 0.227 e. The van der Waals surface area contributed by atoms with Gasteiger partial charge in [0.05, 0.1) is 11.6 Å². The van der Waals surface area contributed by atoms with E-state index in [0.717, 1.165) is 31.8 Å². The number of likely N-dealkylation sites (N-methyl/N-ethyl adjacent to an activating group) is 1. The van der Waals surface area contributed by atoms with Crippen molar-refractivity contribution in [2.24, 2.45) is 5.92 Å². The molecule has 0 bridgehead atoms. The number of carbonyl (C=O) groups is 2. The van der Waals surface area contributed by atoms with Crippen molar-refractivity contribution >= 4 is 17.5 Å². The zero-order valence-electron chi connectivity index (χ0n) is 14.0. The van der Waals surface area contributed by atoms with Crippen LogP contribution < -0.4 is 10.2 Å². The summed E-state index contributed by atoms with van der Waals surface area (Å²) in [7, 11) is 0. The molecule has 2 rings (SSSR count). The normalized spacial score (nSPS) is 17.6. The summed E-state index contributed by atoms with van der Waals surface area (Å²) in [5, 5.41) is 2.83. The van der Waals surface area contributed by atoms with E-state index in [2.05, 4.69) is 24.1 Å². The van der Waals surface area contributed by atoms with Gasteiger partial charge in [-0.2, -0.15) is 0 Å². The molecule has 1 fully saturated rings. The fourth-order valence-electron chi connectivity index (χ4n) is 2.84. The molecule has 7 heteroatoms. The van der Waals surface area contributed by atoms with Crippen LogP contribution in [0.1, 0.15) is 20.3 Å². The molecule has 1 aliphatic heterocycles. The molecule has 1 aliphatic rings. The third kappa shape index (κ3) is 4.29. The summed E-state index contributed by atoms with van der Waals surface area (Å²) in [6.45, 7) is 7.29. The highest BCUT2D eigenvalue weighted by molar-refractivity contribution is 6.00. The Labute approximate surface area is 140 Å². The average molecular weight is 339 g/mol. The van der Waals surface area contributed by atoms with E-state index in [-0.39, 0.29) is 30.5 Å². The van der Waals surface area contributed by atoms with Crippen molar-refractivity contribution in [1.29, 1.82) is 0 Å². The van der Waals surface area contributed by atoms with Crippen LogP contribution in [0.2, 0.25) is 0 Å². The van der Waals surface area contributed by atoms with Crippen LogP contribution in [-0.4, -0.2) is 49.4 Å². The van der Waals surface area contributed by atoms with Crippen molar-refractivity contribution in [2.45, 2.75) is 20.3 Å². The van der Waals surface area contributed by atoms with E-state index in [9.17, 15) is 18.4 Å². The van der Waals surface area contributed by atoms with Crippen molar-refractivity contribution in [3.8, 4) is 0 Å². The lowest BCUT2D eigenvalue weighted by atomic mass is 10.1. The van der Waals surface area contributed by atoms with Crippen LogP contribution in [0.3, 0.4) is 0 Å². The summed E-state index contributed by atoms with van der Waals surface area (Å²) in [4.78, 5) is 27.7. The molecule has 1 atom stereocenters. The lowest BCUT2D eigenvalue weighted by Gasteiger charge is -2.19. The van der Waals surface area contributed by atoms with E-state index in [1.165, 1.54) is 11.0 Å². The van der Waals surface area contributed by atoms with E-state index in [0.29, 0.717) is 6.54 Å². The van der Waals surface area contributed by atoms with E-state index >= 15 is 0 Å². The molecule has 0 aliphatic carbocycles. The Morgan fingerprint density at radius 3 is 2.67 bits per heavy atom. The summed E-state index contributed by atoms with van der Waals surface area (Å²) in [5.41, 5.74) is 0.0137. The van der Waals surface area contributed by atoms with Crippen LogP contribution in [0.25, 0.3) is 0 Å². The van der Waals surface area contributed by atoms with Gasteiger partial charge in [-0.05, 0) is 25.2 Å². The number of hydrogen-bond acceptors (Lipinski definition) is 3. The third-order valence-corrected chi connectivity index (χ3v) is 4.32. The second-order valence-electron chi connectivity index (χ2n) is 5.82. The summed E-state index contributed by atoms with van der Waals surface area (Å²) in [6.07, 6.45) is 0.0356. The van der Waals surface area contributed by atoms with E-state index in [1.807, 2.05) is 0 Å². The number of amides is 2. The molecule has 132 valence electrons.